The fraction of sp³-hybridized carbons (Fsp3) is 0.692. The van der Waals surface area contributed by atoms with Gasteiger partial charge in [0.1, 0.15) is 23.1 Å². The Morgan fingerprint density at radius 1 is 0.944 bits per heavy atom. The maximum Gasteiger partial charge on any atom is 0.143 e. The van der Waals surface area contributed by atoms with Gasteiger partial charge in [-0.15, -0.1) is 0 Å². The minimum absolute atomic E-state index is 0.0555. The summed E-state index contributed by atoms with van der Waals surface area (Å²) in [6, 6.07) is 0. The number of carbonyl (C=O) groups is 4. The van der Waals surface area contributed by atoms with Crippen molar-refractivity contribution in [2.24, 2.45) is 0 Å². The molecular weight excluding hydrogens is 236 g/mol. The molecule has 0 saturated carbocycles. The lowest BCUT2D eigenvalue weighted by Crippen LogP contribution is -2.29. The number of hydrogen-bond donors (Lipinski definition) is 1. The van der Waals surface area contributed by atoms with Crippen LogP contribution in [0.3, 0.4) is 0 Å². The van der Waals surface area contributed by atoms with Gasteiger partial charge in [-0.1, -0.05) is 0 Å². The molecule has 0 rings (SSSR count). The summed E-state index contributed by atoms with van der Waals surface area (Å²) >= 11 is 0. The Morgan fingerprint density at radius 2 is 1.39 bits per heavy atom. The molecule has 0 spiro atoms. The summed E-state index contributed by atoms with van der Waals surface area (Å²) in [4.78, 5) is 44.1. The van der Waals surface area contributed by atoms with Gasteiger partial charge in [0.2, 0.25) is 0 Å². The number of aliphatic hydroxyl groups is 1. The van der Waals surface area contributed by atoms with Gasteiger partial charge in [-0.25, -0.2) is 0 Å². The predicted molar refractivity (Wildman–Crippen MR) is 65.1 cm³/mol. The molecule has 0 aliphatic carbocycles. The maximum absolute atomic E-state index is 11.4. The molecule has 0 aromatic rings. The molecule has 1 atom stereocenters. The first-order chi connectivity index (χ1) is 8.12. The standard InChI is InChI=1S/C13H20O5/c1-9(14)6-11(16)4-5-13(3,18)8-12(17)7-10(2)15/h18H,4-8H2,1-3H3. The lowest BCUT2D eigenvalue weighted by Gasteiger charge is -2.21. The largest absolute Gasteiger partial charge is 0.390 e. The van der Waals surface area contributed by atoms with Crippen molar-refractivity contribution in [2.75, 3.05) is 0 Å². The third kappa shape index (κ3) is 8.75. The van der Waals surface area contributed by atoms with Gasteiger partial charge < -0.3 is 5.11 Å². The van der Waals surface area contributed by atoms with Crippen LogP contribution < -0.4 is 0 Å². The molecule has 1 N–H and O–H groups in total. The van der Waals surface area contributed by atoms with E-state index in [1.165, 1.54) is 20.8 Å². The summed E-state index contributed by atoms with van der Waals surface area (Å²) in [6.45, 7) is 4.08. The zero-order chi connectivity index (χ0) is 14.3. The van der Waals surface area contributed by atoms with Gasteiger partial charge in [-0.05, 0) is 27.2 Å². The smallest absolute Gasteiger partial charge is 0.143 e. The van der Waals surface area contributed by atoms with E-state index in [2.05, 4.69) is 0 Å². The summed E-state index contributed by atoms with van der Waals surface area (Å²) in [6.07, 6.45) is -0.322. The van der Waals surface area contributed by atoms with E-state index in [4.69, 9.17) is 0 Å². The first-order valence-corrected chi connectivity index (χ1v) is 5.87. The van der Waals surface area contributed by atoms with Gasteiger partial charge >= 0.3 is 0 Å². The minimum atomic E-state index is -1.31. The van der Waals surface area contributed by atoms with Crippen molar-refractivity contribution < 1.29 is 24.3 Å². The van der Waals surface area contributed by atoms with Crippen LogP contribution in [0, 0.1) is 0 Å². The highest BCUT2D eigenvalue weighted by Gasteiger charge is 2.25. The van der Waals surface area contributed by atoms with Crippen molar-refractivity contribution in [3.05, 3.63) is 0 Å². The summed E-state index contributed by atoms with van der Waals surface area (Å²) < 4.78 is 0. The maximum atomic E-state index is 11.4. The Balaban J connectivity index is 4.14. The van der Waals surface area contributed by atoms with Crippen LogP contribution in [0.25, 0.3) is 0 Å². The quantitative estimate of drug-likeness (QED) is 0.622. The summed E-state index contributed by atoms with van der Waals surface area (Å²) in [5.41, 5.74) is -1.31. The van der Waals surface area contributed by atoms with Crippen molar-refractivity contribution in [3.63, 3.8) is 0 Å². The van der Waals surface area contributed by atoms with E-state index in [1.807, 2.05) is 0 Å². The lowest BCUT2D eigenvalue weighted by molar-refractivity contribution is -0.131. The molecule has 0 amide bonds. The topological polar surface area (TPSA) is 88.5 Å². The molecule has 102 valence electrons. The molecular formula is C13H20O5. The van der Waals surface area contributed by atoms with Crippen LogP contribution in [-0.2, 0) is 19.2 Å². The zero-order valence-corrected chi connectivity index (χ0v) is 11.1. The van der Waals surface area contributed by atoms with Crippen LogP contribution in [0.5, 0.6) is 0 Å². The third-order valence-corrected chi connectivity index (χ3v) is 2.41. The first kappa shape index (κ1) is 16.6. The second-order valence-corrected chi connectivity index (χ2v) is 5.01. The highest BCUT2D eigenvalue weighted by atomic mass is 16.3. The van der Waals surface area contributed by atoms with E-state index in [9.17, 15) is 24.3 Å². The molecule has 0 fully saturated rings. The Hall–Kier alpha value is -1.36. The average Bonchev–Trinajstić information content (AvgIpc) is 2.11. The Morgan fingerprint density at radius 3 is 1.83 bits per heavy atom. The molecule has 0 aromatic heterocycles. The van der Waals surface area contributed by atoms with Crippen LogP contribution in [0.1, 0.15) is 52.9 Å². The van der Waals surface area contributed by atoms with Crippen molar-refractivity contribution in [3.8, 4) is 0 Å². The van der Waals surface area contributed by atoms with Gasteiger partial charge in [-0.2, -0.15) is 0 Å². The zero-order valence-electron chi connectivity index (χ0n) is 11.1. The molecule has 0 aliphatic rings. The third-order valence-electron chi connectivity index (χ3n) is 2.41. The second-order valence-electron chi connectivity index (χ2n) is 5.01. The molecule has 1 unspecified atom stereocenters. The van der Waals surface area contributed by atoms with Crippen molar-refractivity contribution >= 4 is 23.1 Å². The van der Waals surface area contributed by atoms with Crippen molar-refractivity contribution in [1.29, 1.82) is 0 Å². The number of ketones is 4. The van der Waals surface area contributed by atoms with E-state index in [0.29, 0.717) is 0 Å². The van der Waals surface area contributed by atoms with Crippen LogP contribution in [0.4, 0.5) is 0 Å². The van der Waals surface area contributed by atoms with Gasteiger partial charge in [0.15, 0.2) is 0 Å². The fourth-order valence-electron chi connectivity index (χ4n) is 1.63. The number of Topliss-reactive ketones (excluding diaryl/α,β-unsaturated/α-hetero) is 4. The molecule has 18 heavy (non-hydrogen) atoms. The summed E-state index contributed by atoms with van der Waals surface area (Å²) in [5.74, 6) is -1.05. The van der Waals surface area contributed by atoms with Crippen molar-refractivity contribution in [1.82, 2.24) is 0 Å². The van der Waals surface area contributed by atoms with Crippen LogP contribution in [0.15, 0.2) is 0 Å². The van der Waals surface area contributed by atoms with E-state index in [0.717, 1.165) is 0 Å². The van der Waals surface area contributed by atoms with E-state index < -0.39 is 5.60 Å². The van der Waals surface area contributed by atoms with Gasteiger partial charge in [0.25, 0.3) is 0 Å². The van der Waals surface area contributed by atoms with Gasteiger partial charge in [-0.3, -0.25) is 19.2 Å². The van der Waals surface area contributed by atoms with Gasteiger partial charge in [0, 0.05) is 12.8 Å². The van der Waals surface area contributed by atoms with Crippen LogP contribution in [-0.4, -0.2) is 33.8 Å². The Kier molecular flexibility index (Phi) is 6.62. The highest BCUT2D eigenvalue weighted by molar-refractivity contribution is 5.99. The Labute approximate surface area is 107 Å². The fourth-order valence-corrected chi connectivity index (χ4v) is 1.63. The molecule has 0 radical (unpaired) electrons. The molecule has 5 heteroatoms. The summed E-state index contributed by atoms with van der Waals surface area (Å²) in [7, 11) is 0. The molecule has 0 aromatic carbocycles. The van der Waals surface area contributed by atoms with E-state index in [-0.39, 0.29) is 55.2 Å². The number of carbonyl (C=O) groups excluding carboxylic acids is 4. The van der Waals surface area contributed by atoms with Crippen LogP contribution in [0.2, 0.25) is 0 Å². The molecule has 0 aliphatic heterocycles. The Bertz CT molecular complexity index is 354. The van der Waals surface area contributed by atoms with Crippen LogP contribution >= 0.6 is 0 Å². The number of rotatable bonds is 9. The normalized spacial score (nSPS) is 13.8. The molecule has 0 bridgehead atoms. The van der Waals surface area contributed by atoms with E-state index >= 15 is 0 Å². The summed E-state index contributed by atoms with van der Waals surface area (Å²) in [5, 5.41) is 9.91. The minimum Gasteiger partial charge on any atom is -0.390 e. The predicted octanol–water partition coefficient (Wildman–Crippen LogP) is 1.00. The van der Waals surface area contributed by atoms with Crippen molar-refractivity contribution in [2.45, 2.75) is 58.5 Å². The monoisotopic (exact) mass is 256 g/mol. The molecule has 5 nitrogen and oxygen atoms in total. The van der Waals surface area contributed by atoms with E-state index in [1.54, 1.807) is 0 Å². The SMILES string of the molecule is CC(=O)CC(=O)CCC(C)(O)CC(=O)CC(C)=O. The second kappa shape index (κ2) is 7.16. The highest BCUT2D eigenvalue weighted by Crippen LogP contribution is 2.18. The molecule has 0 heterocycles. The molecule has 0 saturated heterocycles. The number of hydrogen-bond acceptors (Lipinski definition) is 5. The van der Waals surface area contributed by atoms with Gasteiger partial charge in [0.05, 0.1) is 18.4 Å². The lowest BCUT2D eigenvalue weighted by atomic mass is 9.91. The average molecular weight is 256 g/mol. The first-order valence-electron chi connectivity index (χ1n) is 5.87.